The van der Waals surface area contributed by atoms with Crippen molar-refractivity contribution in [3.8, 4) is 6.07 Å². The lowest BCUT2D eigenvalue weighted by molar-refractivity contribution is -0.120. The van der Waals surface area contributed by atoms with Crippen LogP contribution in [0.4, 0.5) is 10.1 Å². The summed E-state index contributed by atoms with van der Waals surface area (Å²) < 4.78 is 18.5. The first-order chi connectivity index (χ1) is 9.65. The van der Waals surface area contributed by atoms with Crippen LogP contribution in [-0.4, -0.2) is 31.7 Å². The van der Waals surface area contributed by atoms with Crippen molar-refractivity contribution in [1.82, 2.24) is 5.32 Å². The Morgan fingerprint density at radius 1 is 1.55 bits per heavy atom. The summed E-state index contributed by atoms with van der Waals surface area (Å²) in [6.45, 7) is 3.58. The highest BCUT2D eigenvalue weighted by Gasteiger charge is 2.33. The van der Waals surface area contributed by atoms with Gasteiger partial charge in [0.15, 0.2) is 0 Å². The smallest absolute Gasteiger partial charge is 0.231 e. The lowest BCUT2D eigenvalue weighted by Crippen LogP contribution is -2.41. The second-order valence-corrected chi connectivity index (χ2v) is 4.60. The highest BCUT2D eigenvalue weighted by Crippen LogP contribution is 2.18. The number of carbonyl (C=O) groups is 1. The van der Waals surface area contributed by atoms with E-state index in [1.54, 1.807) is 6.07 Å². The van der Waals surface area contributed by atoms with Gasteiger partial charge in [-0.1, -0.05) is 6.92 Å². The predicted octanol–water partition coefficient (Wildman–Crippen LogP) is 1.26. The van der Waals surface area contributed by atoms with Crippen LogP contribution in [0.15, 0.2) is 18.2 Å². The van der Waals surface area contributed by atoms with Gasteiger partial charge in [0.25, 0.3) is 0 Å². The van der Waals surface area contributed by atoms with E-state index in [1.807, 2.05) is 6.92 Å². The maximum absolute atomic E-state index is 13.2. The Hall–Kier alpha value is -1.97. The Kier molecular flexibility index (Phi) is 4.66. The van der Waals surface area contributed by atoms with E-state index in [2.05, 4.69) is 10.6 Å². The second kappa shape index (κ2) is 6.46. The molecule has 0 spiro atoms. The van der Waals surface area contributed by atoms with Gasteiger partial charge in [-0.25, -0.2) is 4.39 Å². The number of benzene rings is 1. The summed E-state index contributed by atoms with van der Waals surface area (Å²) in [6.07, 6.45) is 0. The highest BCUT2D eigenvalue weighted by molar-refractivity contribution is 5.93. The minimum Gasteiger partial charge on any atom is -0.379 e. The van der Waals surface area contributed by atoms with Crippen molar-refractivity contribution < 1.29 is 13.9 Å². The summed E-state index contributed by atoms with van der Waals surface area (Å²) >= 11 is 0. The average molecular weight is 277 g/mol. The zero-order valence-corrected chi connectivity index (χ0v) is 11.1. The van der Waals surface area contributed by atoms with Gasteiger partial charge >= 0.3 is 0 Å². The van der Waals surface area contributed by atoms with Gasteiger partial charge in [0.1, 0.15) is 11.9 Å². The van der Waals surface area contributed by atoms with Crippen molar-refractivity contribution in [2.45, 2.75) is 13.0 Å². The molecule has 2 N–H and O–H groups in total. The number of amides is 1. The highest BCUT2D eigenvalue weighted by atomic mass is 19.1. The van der Waals surface area contributed by atoms with E-state index in [0.717, 1.165) is 6.54 Å². The van der Waals surface area contributed by atoms with Crippen molar-refractivity contribution in [3.05, 3.63) is 29.6 Å². The van der Waals surface area contributed by atoms with E-state index in [4.69, 9.17) is 10.00 Å². The third kappa shape index (κ3) is 3.13. The van der Waals surface area contributed by atoms with E-state index in [0.29, 0.717) is 18.9 Å². The summed E-state index contributed by atoms with van der Waals surface area (Å²) in [5.74, 6) is -1.07. The molecule has 6 heteroatoms. The van der Waals surface area contributed by atoms with E-state index < -0.39 is 5.82 Å². The molecule has 1 amide bonds. The monoisotopic (exact) mass is 277 g/mol. The standard InChI is InChI=1S/C14H16FN3O2/c1-2-17-13-8-20-7-11(13)14(19)18-10-3-4-12(15)9(5-10)6-16/h3-5,11,13,17H,2,7-8H2,1H3,(H,18,19). The molecule has 2 unspecified atom stereocenters. The van der Waals surface area contributed by atoms with Gasteiger partial charge in [-0.15, -0.1) is 0 Å². The number of likely N-dealkylation sites (N-methyl/N-ethyl adjacent to an activating group) is 1. The third-order valence-corrected chi connectivity index (χ3v) is 3.24. The molecule has 0 aliphatic carbocycles. The molecular weight excluding hydrogens is 261 g/mol. The molecule has 1 aromatic rings. The van der Waals surface area contributed by atoms with E-state index in [-0.39, 0.29) is 23.4 Å². The number of halogens is 1. The maximum Gasteiger partial charge on any atom is 0.231 e. The van der Waals surface area contributed by atoms with Crippen LogP contribution in [0.2, 0.25) is 0 Å². The molecule has 1 fully saturated rings. The molecule has 20 heavy (non-hydrogen) atoms. The van der Waals surface area contributed by atoms with Crippen molar-refractivity contribution in [2.24, 2.45) is 5.92 Å². The fraction of sp³-hybridized carbons (Fsp3) is 0.429. The number of nitrogens with one attached hydrogen (secondary N) is 2. The maximum atomic E-state index is 13.2. The van der Waals surface area contributed by atoms with Gasteiger partial charge < -0.3 is 15.4 Å². The SMILES string of the molecule is CCNC1COCC1C(=O)Nc1ccc(F)c(C#N)c1. The van der Waals surface area contributed by atoms with Crippen LogP contribution in [-0.2, 0) is 9.53 Å². The van der Waals surface area contributed by atoms with Gasteiger partial charge in [-0.2, -0.15) is 5.26 Å². The molecule has 1 saturated heterocycles. The summed E-state index contributed by atoms with van der Waals surface area (Å²) in [7, 11) is 0. The van der Waals surface area contributed by atoms with Gasteiger partial charge in [0.2, 0.25) is 5.91 Å². The third-order valence-electron chi connectivity index (χ3n) is 3.24. The molecule has 1 aliphatic rings. The molecule has 0 radical (unpaired) electrons. The van der Waals surface area contributed by atoms with Crippen LogP contribution in [0.1, 0.15) is 12.5 Å². The number of nitrogens with zero attached hydrogens (tertiary/aromatic N) is 1. The number of hydrogen-bond donors (Lipinski definition) is 2. The van der Waals surface area contributed by atoms with E-state index in [1.165, 1.54) is 18.2 Å². The molecule has 1 aliphatic heterocycles. The van der Waals surface area contributed by atoms with Crippen LogP contribution in [0.5, 0.6) is 0 Å². The van der Waals surface area contributed by atoms with Crippen molar-refractivity contribution >= 4 is 11.6 Å². The Bertz CT molecular complexity index is 542. The van der Waals surface area contributed by atoms with E-state index in [9.17, 15) is 9.18 Å². The molecule has 0 bridgehead atoms. The number of nitriles is 1. The van der Waals surface area contributed by atoms with Crippen molar-refractivity contribution in [3.63, 3.8) is 0 Å². The number of anilines is 1. The Morgan fingerprint density at radius 3 is 3.05 bits per heavy atom. The first-order valence-corrected chi connectivity index (χ1v) is 6.47. The van der Waals surface area contributed by atoms with Gasteiger partial charge in [-0.3, -0.25) is 4.79 Å². The Balaban J connectivity index is 2.06. The number of rotatable bonds is 4. The zero-order chi connectivity index (χ0) is 14.5. The minimum atomic E-state index is -0.597. The lowest BCUT2D eigenvalue weighted by Gasteiger charge is -2.17. The molecule has 1 aromatic carbocycles. The first-order valence-electron chi connectivity index (χ1n) is 6.47. The lowest BCUT2D eigenvalue weighted by atomic mass is 10.0. The van der Waals surface area contributed by atoms with Gasteiger partial charge in [0.05, 0.1) is 24.7 Å². The van der Waals surface area contributed by atoms with Crippen LogP contribution < -0.4 is 10.6 Å². The molecule has 2 atom stereocenters. The number of carbonyl (C=O) groups excluding carboxylic acids is 1. The molecule has 5 nitrogen and oxygen atoms in total. The van der Waals surface area contributed by atoms with Crippen LogP contribution in [0, 0.1) is 23.1 Å². The molecule has 2 rings (SSSR count). The molecule has 106 valence electrons. The summed E-state index contributed by atoms with van der Waals surface area (Å²) in [4.78, 5) is 12.2. The normalized spacial score (nSPS) is 21.4. The number of ether oxygens (including phenoxy) is 1. The fourth-order valence-electron chi connectivity index (χ4n) is 2.20. The quantitative estimate of drug-likeness (QED) is 0.869. The minimum absolute atomic E-state index is 0.0177. The van der Waals surface area contributed by atoms with Crippen LogP contribution in [0.25, 0.3) is 0 Å². The average Bonchev–Trinajstić information content (AvgIpc) is 2.89. The molecule has 0 aromatic heterocycles. The Morgan fingerprint density at radius 2 is 2.35 bits per heavy atom. The number of hydrogen-bond acceptors (Lipinski definition) is 4. The topological polar surface area (TPSA) is 74.2 Å². The molecular formula is C14H16FN3O2. The van der Waals surface area contributed by atoms with Crippen molar-refractivity contribution in [2.75, 3.05) is 25.1 Å². The molecule has 0 saturated carbocycles. The summed E-state index contributed by atoms with van der Waals surface area (Å²) in [6, 6.07) is 5.66. The van der Waals surface area contributed by atoms with Gasteiger partial charge in [0, 0.05) is 11.7 Å². The first kappa shape index (κ1) is 14.4. The second-order valence-electron chi connectivity index (χ2n) is 4.60. The van der Waals surface area contributed by atoms with E-state index >= 15 is 0 Å². The molecule has 1 heterocycles. The fourth-order valence-corrected chi connectivity index (χ4v) is 2.20. The summed E-state index contributed by atoms with van der Waals surface area (Å²) in [5.41, 5.74) is 0.323. The summed E-state index contributed by atoms with van der Waals surface area (Å²) in [5, 5.41) is 14.7. The van der Waals surface area contributed by atoms with Crippen molar-refractivity contribution in [1.29, 1.82) is 5.26 Å². The zero-order valence-electron chi connectivity index (χ0n) is 11.1. The largest absolute Gasteiger partial charge is 0.379 e. The predicted molar refractivity (Wildman–Crippen MR) is 71.5 cm³/mol. The van der Waals surface area contributed by atoms with Crippen LogP contribution in [0.3, 0.4) is 0 Å². The van der Waals surface area contributed by atoms with Gasteiger partial charge in [-0.05, 0) is 24.7 Å². The Labute approximate surface area is 116 Å². The van der Waals surface area contributed by atoms with Crippen LogP contribution >= 0.6 is 0 Å².